The number of hydrogen-bond donors (Lipinski definition) is 1. The molecule has 0 aliphatic carbocycles. The molecule has 0 aromatic heterocycles. The highest BCUT2D eigenvalue weighted by Gasteiger charge is 2.16. The second-order valence-corrected chi connectivity index (χ2v) is 7.28. The Hall–Kier alpha value is -0.860. The van der Waals surface area contributed by atoms with Crippen LogP contribution in [0.5, 0.6) is 0 Å². The molecular weight excluding hydrogens is 256 g/mol. The second kappa shape index (κ2) is 7.95. The van der Waals surface area contributed by atoms with E-state index in [0.717, 1.165) is 18.9 Å². The van der Waals surface area contributed by atoms with Crippen LogP contribution < -0.4 is 5.73 Å². The molecule has 2 atom stereocenters. The van der Waals surface area contributed by atoms with Gasteiger partial charge in [0, 0.05) is 12.6 Å². The highest BCUT2D eigenvalue weighted by atomic mass is 15.1. The summed E-state index contributed by atoms with van der Waals surface area (Å²) in [7, 11) is 0. The van der Waals surface area contributed by atoms with Gasteiger partial charge in [-0.15, -0.1) is 0 Å². The molecule has 21 heavy (non-hydrogen) atoms. The van der Waals surface area contributed by atoms with E-state index in [-0.39, 0.29) is 6.04 Å². The van der Waals surface area contributed by atoms with Crippen LogP contribution in [-0.4, -0.2) is 24.5 Å². The Kier molecular flexibility index (Phi) is 6.25. The molecule has 0 radical (unpaired) electrons. The van der Waals surface area contributed by atoms with E-state index in [9.17, 15) is 0 Å². The van der Waals surface area contributed by atoms with Crippen LogP contribution in [0.25, 0.3) is 0 Å². The van der Waals surface area contributed by atoms with E-state index >= 15 is 0 Å². The largest absolute Gasteiger partial charge is 0.323 e. The second-order valence-electron chi connectivity index (χ2n) is 7.28. The zero-order chi connectivity index (χ0) is 15.2. The molecule has 1 fully saturated rings. The van der Waals surface area contributed by atoms with Crippen LogP contribution in [0.4, 0.5) is 0 Å². The maximum Gasteiger partial charge on any atom is 0.0424 e. The highest BCUT2D eigenvalue weighted by molar-refractivity contribution is 5.25. The molecule has 2 unspecified atom stereocenters. The van der Waals surface area contributed by atoms with Gasteiger partial charge in [0.05, 0.1) is 0 Å². The van der Waals surface area contributed by atoms with Crippen molar-refractivity contribution in [3.05, 3.63) is 35.4 Å². The molecule has 118 valence electrons. The Balaban J connectivity index is 1.88. The van der Waals surface area contributed by atoms with Gasteiger partial charge in [-0.05, 0) is 61.7 Å². The molecule has 0 bridgehead atoms. The predicted molar refractivity (Wildman–Crippen MR) is 91.4 cm³/mol. The van der Waals surface area contributed by atoms with Crippen molar-refractivity contribution in [3.63, 3.8) is 0 Å². The van der Waals surface area contributed by atoms with Gasteiger partial charge in [0.15, 0.2) is 0 Å². The van der Waals surface area contributed by atoms with Crippen LogP contribution in [0.15, 0.2) is 24.3 Å². The predicted octanol–water partition coefficient (Wildman–Crippen LogP) is 4.01. The molecule has 2 nitrogen and oxygen atoms in total. The van der Waals surface area contributed by atoms with Crippen LogP contribution in [0, 0.1) is 11.8 Å². The third-order valence-corrected chi connectivity index (χ3v) is 4.62. The third kappa shape index (κ3) is 5.44. The molecule has 2 N–H and O–H groups in total. The Bertz CT molecular complexity index is 410. The average Bonchev–Trinajstić information content (AvgIpc) is 2.64. The van der Waals surface area contributed by atoms with E-state index in [1.165, 1.54) is 43.5 Å². The maximum atomic E-state index is 6.42. The SMILES string of the molecule is CC(C)Cc1ccc(C(N)CN2CCCC(C)CC2)cc1. The van der Waals surface area contributed by atoms with Crippen LogP contribution in [0.3, 0.4) is 0 Å². The summed E-state index contributed by atoms with van der Waals surface area (Å²) in [6.07, 6.45) is 5.16. The summed E-state index contributed by atoms with van der Waals surface area (Å²) in [5.74, 6) is 1.59. The van der Waals surface area contributed by atoms with Crippen LogP contribution in [0.1, 0.15) is 57.2 Å². The molecule has 1 aromatic rings. The van der Waals surface area contributed by atoms with Crippen molar-refractivity contribution in [3.8, 4) is 0 Å². The highest BCUT2D eigenvalue weighted by Crippen LogP contribution is 2.20. The first kappa shape index (κ1) is 16.5. The number of nitrogens with zero attached hydrogens (tertiary/aromatic N) is 1. The third-order valence-electron chi connectivity index (χ3n) is 4.62. The van der Waals surface area contributed by atoms with Gasteiger partial charge in [-0.3, -0.25) is 0 Å². The molecule has 1 aliphatic rings. The molecule has 1 aromatic carbocycles. The molecule has 0 amide bonds. The van der Waals surface area contributed by atoms with Crippen molar-refractivity contribution in [2.75, 3.05) is 19.6 Å². The first-order chi connectivity index (χ1) is 10.0. The average molecular weight is 288 g/mol. The number of rotatable bonds is 5. The van der Waals surface area contributed by atoms with Gasteiger partial charge < -0.3 is 10.6 Å². The Morgan fingerprint density at radius 2 is 1.86 bits per heavy atom. The number of likely N-dealkylation sites (tertiary alicyclic amines) is 1. The van der Waals surface area contributed by atoms with Gasteiger partial charge >= 0.3 is 0 Å². The summed E-state index contributed by atoms with van der Waals surface area (Å²) in [5, 5.41) is 0. The van der Waals surface area contributed by atoms with Gasteiger partial charge in [0.2, 0.25) is 0 Å². The van der Waals surface area contributed by atoms with Crippen molar-refractivity contribution in [2.45, 2.75) is 52.5 Å². The summed E-state index contributed by atoms with van der Waals surface area (Å²) in [6.45, 7) is 10.3. The van der Waals surface area contributed by atoms with Crippen molar-refractivity contribution in [1.82, 2.24) is 4.90 Å². The molecule has 0 saturated carbocycles. The lowest BCUT2D eigenvalue weighted by molar-refractivity contribution is 0.265. The van der Waals surface area contributed by atoms with E-state index < -0.39 is 0 Å². The van der Waals surface area contributed by atoms with Gasteiger partial charge in [-0.25, -0.2) is 0 Å². The van der Waals surface area contributed by atoms with Gasteiger partial charge in [-0.2, -0.15) is 0 Å². The van der Waals surface area contributed by atoms with Crippen molar-refractivity contribution < 1.29 is 0 Å². The lowest BCUT2D eigenvalue weighted by atomic mass is 9.99. The number of hydrogen-bond acceptors (Lipinski definition) is 2. The zero-order valence-electron chi connectivity index (χ0n) is 14.0. The Labute approximate surface area is 130 Å². The summed E-state index contributed by atoms with van der Waals surface area (Å²) in [4.78, 5) is 2.55. The fourth-order valence-electron chi connectivity index (χ4n) is 3.26. The summed E-state index contributed by atoms with van der Waals surface area (Å²) >= 11 is 0. The Morgan fingerprint density at radius 3 is 2.52 bits per heavy atom. The quantitative estimate of drug-likeness (QED) is 0.887. The topological polar surface area (TPSA) is 29.3 Å². The van der Waals surface area contributed by atoms with E-state index in [2.05, 4.69) is 49.9 Å². The lowest BCUT2D eigenvalue weighted by Gasteiger charge is -2.24. The number of nitrogens with two attached hydrogens (primary N) is 1. The summed E-state index contributed by atoms with van der Waals surface area (Å²) < 4.78 is 0. The van der Waals surface area contributed by atoms with E-state index in [4.69, 9.17) is 5.73 Å². The van der Waals surface area contributed by atoms with Gasteiger partial charge in [0.25, 0.3) is 0 Å². The fraction of sp³-hybridized carbons (Fsp3) is 0.684. The standard InChI is InChI=1S/C19H32N2/c1-15(2)13-17-6-8-18(9-7-17)19(20)14-21-11-4-5-16(3)10-12-21/h6-9,15-16,19H,4-5,10-14,20H2,1-3H3. The normalized spacial score (nSPS) is 22.2. The van der Waals surface area contributed by atoms with Crippen molar-refractivity contribution in [2.24, 2.45) is 17.6 Å². The van der Waals surface area contributed by atoms with E-state index in [1.807, 2.05) is 0 Å². The first-order valence-electron chi connectivity index (χ1n) is 8.61. The van der Waals surface area contributed by atoms with Crippen LogP contribution in [0.2, 0.25) is 0 Å². The zero-order valence-corrected chi connectivity index (χ0v) is 14.0. The summed E-state index contributed by atoms with van der Waals surface area (Å²) in [5.41, 5.74) is 9.12. The summed E-state index contributed by atoms with van der Waals surface area (Å²) in [6, 6.07) is 9.09. The van der Waals surface area contributed by atoms with Crippen LogP contribution in [-0.2, 0) is 6.42 Å². The molecule has 0 spiro atoms. The minimum Gasteiger partial charge on any atom is -0.323 e. The maximum absolute atomic E-state index is 6.42. The minimum absolute atomic E-state index is 0.145. The van der Waals surface area contributed by atoms with E-state index in [0.29, 0.717) is 5.92 Å². The van der Waals surface area contributed by atoms with Crippen molar-refractivity contribution in [1.29, 1.82) is 0 Å². The molecule has 2 heteroatoms. The minimum atomic E-state index is 0.145. The fourth-order valence-corrected chi connectivity index (χ4v) is 3.26. The molecule has 1 saturated heterocycles. The lowest BCUT2D eigenvalue weighted by Crippen LogP contribution is -2.33. The molecular formula is C19H32N2. The van der Waals surface area contributed by atoms with Crippen molar-refractivity contribution >= 4 is 0 Å². The van der Waals surface area contributed by atoms with Crippen LogP contribution >= 0.6 is 0 Å². The number of benzene rings is 1. The smallest absolute Gasteiger partial charge is 0.0424 e. The Morgan fingerprint density at radius 1 is 1.14 bits per heavy atom. The molecule has 1 heterocycles. The first-order valence-corrected chi connectivity index (χ1v) is 8.61. The molecule has 2 rings (SSSR count). The monoisotopic (exact) mass is 288 g/mol. The van der Waals surface area contributed by atoms with E-state index in [1.54, 1.807) is 0 Å². The van der Waals surface area contributed by atoms with Gasteiger partial charge in [-0.1, -0.05) is 45.0 Å². The van der Waals surface area contributed by atoms with Gasteiger partial charge in [0.1, 0.15) is 0 Å². The molecule has 1 aliphatic heterocycles.